The van der Waals surface area contributed by atoms with E-state index in [1.165, 1.54) is 0 Å². The number of benzene rings is 1. The Labute approximate surface area is 168 Å². The molecule has 0 bridgehead atoms. The van der Waals surface area contributed by atoms with Crippen LogP contribution >= 0.6 is 0 Å². The molecule has 1 atom stereocenters. The summed E-state index contributed by atoms with van der Waals surface area (Å²) in [7, 11) is 3.62. The molecule has 3 heterocycles. The Hall–Kier alpha value is -3.28. The van der Waals surface area contributed by atoms with Crippen molar-refractivity contribution in [2.45, 2.75) is 18.6 Å². The van der Waals surface area contributed by atoms with Gasteiger partial charge in [-0.1, -0.05) is 0 Å². The first-order chi connectivity index (χ1) is 14.1. The number of nitrogen functional groups attached to an aromatic ring is 1. The van der Waals surface area contributed by atoms with Crippen LogP contribution in [0.2, 0.25) is 0 Å². The maximum Gasteiger partial charge on any atom is 0.490 e. The Bertz CT molecular complexity index is 1070. The smallest absolute Gasteiger partial charge is 0.490 e. The second kappa shape index (κ2) is 8.22. The molecule has 2 aromatic heterocycles. The fourth-order valence-electron chi connectivity index (χ4n) is 3.15. The third kappa shape index (κ3) is 4.32. The van der Waals surface area contributed by atoms with Crippen LogP contribution in [0.25, 0.3) is 22.1 Å². The third-order valence-corrected chi connectivity index (χ3v) is 4.66. The number of halogens is 3. The zero-order valence-electron chi connectivity index (χ0n) is 16.2. The lowest BCUT2D eigenvalue weighted by Gasteiger charge is -2.17. The van der Waals surface area contributed by atoms with Gasteiger partial charge in [-0.3, -0.25) is 0 Å². The van der Waals surface area contributed by atoms with Crippen LogP contribution in [0.4, 0.5) is 24.9 Å². The molecule has 0 spiro atoms. The maximum atomic E-state index is 10.6. The van der Waals surface area contributed by atoms with E-state index < -0.39 is 12.1 Å². The van der Waals surface area contributed by atoms with Crippen LogP contribution in [0.1, 0.15) is 6.42 Å². The third-order valence-electron chi connectivity index (χ3n) is 4.66. The molecule has 1 aliphatic heterocycles. The van der Waals surface area contributed by atoms with Crippen LogP contribution in [-0.4, -0.2) is 60.5 Å². The molecule has 9 nitrogen and oxygen atoms in total. The number of methoxy groups -OCH3 is 1. The van der Waals surface area contributed by atoms with Gasteiger partial charge in [0.25, 0.3) is 0 Å². The molecule has 30 heavy (non-hydrogen) atoms. The highest BCUT2D eigenvalue weighted by Gasteiger charge is 2.38. The highest BCUT2D eigenvalue weighted by atomic mass is 19.4. The number of ether oxygens (including phenoxy) is 1. The number of fused-ring (bicyclic) bond motifs is 3. The largest absolute Gasteiger partial charge is 0.497 e. The van der Waals surface area contributed by atoms with E-state index >= 15 is 0 Å². The second-order valence-corrected chi connectivity index (χ2v) is 6.57. The maximum absolute atomic E-state index is 10.6. The van der Waals surface area contributed by atoms with E-state index in [1.54, 1.807) is 7.11 Å². The van der Waals surface area contributed by atoms with Crippen LogP contribution < -0.4 is 20.7 Å². The van der Waals surface area contributed by atoms with Crippen molar-refractivity contribution in [3.63, 3.8) is 0 Å². The number of aromatic nitrogens is 2. The summed E-state index contributed by atoms with van der Waals surface area (Å²) < 4.78 is 43.1. The van der Waals surface area contributed by atoms with Crippen LogP contribution in [0.15, 0.2) is 22.6 Å². The van der Waals surface area contributed by atoms with Crippen molar-refractivity contribution in [2.24, 2.45) is 0 Å². The highest BCUT2D eigenvalue weighted by Crippen LogP contribution is 2.36. The van der Waals surface area contributed by atoms with E-state index in [9.17, 15) is 13.2 Å². The van der Waals surface area contributed by atoms with Crippen molar-refractivity contribution in [2.75, 3.05) is 37.9 Å². The molecular formula is C18H20F3N5O4. The number of nitrogens with two attached hydrogens (primary N) is 1. The molecule has 1 fully saturated rings. The van der Waals surface area contributed by atoms with E-state index in [0.717, 1.165) is 47.6 Å². The number of rotatable bonds is 3. The standard InChI is InChI=1S/C16H19N5O2.C2HF3O2/c1-18-9-5-6-21(8-9)15-14-13(19-16(17)20-15)11-7-10(22-2)3-4-12(11)23-14;3-2(4,5)1(6)7/h3-4,7,9,18H,5-6,8H2,1-2H3,(H2,17,19,20);(H,6,7)/t9-;/m1./s1. The van der Waals surface area contributed by atoms with Gasteiger partial charge >= 0.3 is 12.1 Å². The minimum absolute atomic E-state index is 0.255. The molecule has 0 aliphatic carbocycles. The molecule has 4 rings (SSSR count). The summed E-state index contributed by atoms with van der Waals surface area (Å²) in [5, 5.41) is 11.3. The van der Waals surface area contributed by atoms with E-state index in [4.69, 9.17) is 24.8 Å². The lowest BCUT2D eigenvalue weighted by atomic mass is 10.2. The molecular weight excluding hydrogens is 407 g/mol. The van der Waals surface area contributed by atoms with Crippen LogP contribution in [-0.2, 0) is 4.79 Å². The van der Waals surface area contributed by atoms with Crippen molar-refractivity contribution >= 4 is 39.8 Å². The number of carboxylic acids is 1. The Morgan fingerprint density at radius 1 is 1.40 bits per heavy atom. The number of furan rings is 1. The molecule has 1 saturated heterocycles. The first-order valence-electron chi connectivity index (χ1n) is 8.90. The number of nitrogens with one attached hydrogen (secondary N) is 1. The summed E-state index contributed by atoms with van der Waals surface area (Å²) >= 11 is 0. The van der Waals surface area contributed by atoms with Crippen molar-refractivity contribution < 1.29 is 32.2 Å². The molecule has 0 saturated carbocycles. The fourth-order valence-corrected chi connectivity index (χ4v) is 3.15. The number of hydrogen-bond acceptors (Lipinski definition) is 8. The number of nitrogens with zero attached hydrogens (tertiary/aromatic N) is 3. The average Bonchev–Trinajstić information content (AvgIpc) is 3.31. The number of likely N-dealkylation sites (N-methyl/N-ethyl adjacent to an activating group) is 1. The zero-order chi connectivity index (χ0) is 22.1. The Morgan fingerprint density at radius 3 is 2.67 bits per heavy atom. The van der Waals surface area contributed by atoms with Crippen molar-refractivity contribution in [3.05, 3.63) is 18.2 Å². The first kappa shape index (κ1) is 21.4. The van der Waals surface area contributed by atoms with E-state index in [2.05, 4.69) is 20.2 Å². The topological polar surface area (TPSA) is 127 Å². The molecule has 1 aliphatic rings. The van der Waals surface area contributed by atoms with Crippen LogP contribution in [0.5, 0.6) is 5.75 Å². The summed E-state index contributed by atoms with van der Waals surface area (Å²) in [5.74, 6) is -0.978. The summed E-state index contributed by atoms with van der Waals surface area (Å²) in [6.07, 6.45) is -4.02. The quantitative estimate of drug-likeness (QED) is 0.577. The lowest BCUT2D eigenvalue weighted by molar-refractivity contribution is -0.192. The van der Waals surface area contributed by atoms with Gasteiger partial charge in [0.2, 0.25) is 5.95 Å². The fraction of sp³-hybridized carbons (Fsp3) is 0.389. The van der Waals surface area contributed by atoms with Gasteiger partial charge in [-0.15, -0.1) is 0 Å². The van der Waals surface area contributed by atoms with Crippen molar-refractivity contribution in [1.29, 1.82) is 0 Å². The molecule has 162 valence electrons. The number of hydrogen-bond donors (Lipinski definition) is 3. The Balaban J connectivity index is 0.000000318. The number of aliphatic carboxylic acids is 1. The van der Waals surface area contributed by atoms with Gasteiger partial charge in [0.05, 0.1) is 12.5 Å². The van der Waals surface area contributed by atoms with Crippen LogP contribution in [0, 0.1) is 0 Å². The molecule has 0 radical (unpaired) electrons. The minimum atomic E-state index is -5.08. The summed E-state index contributed by atoms with van der Waals surface area (Å²) in [5.41, 5.74) is 8.11. The first-order valence-corrected chi connectivity index (χ1v) is 8.90. The van der Waals surface area contributed by atoms with Crippen LogP contribution in [0.3, 0.4) is 0 Å². The van der Waals surface area contributed by atoms with Gasteiger partial charge < -0.3 is 30.2 Å². The number of carboxylic acid groups (broad SMARTS) is 1. The molecule has 1 aromatic carbocycles. The number of carbonyl (C=O) groups is 1. The minimum Gasteiger partial charge on any atom is -0.497 e. The summed E-state index contributed by atoms with van der Waals surface area (Å²) in [6, 6.07) is 6.12. The van der Waals surface area contributed by atoms with E-state index in [-0.39, 0.29) is 5.95 Å². The SMILES string of the molecule is CN[C@@H]1CCN(c2nc(N)nc3c2oc2ccc(OC)cc23)C1.O=C(O)C(F)(F)F. The lowest BCUT2D eigenvalue weighted by Crippen LogP contribution is -2.30. The van der Waals surface area contributed by atoms with E-state index in [1.807, 2.05) is 25.2 Å². The molecule has 4 N–H and O–H groups in total. The molecule has 12 heteroatoms. The highest BCUT2D eigenvalue weighted by molar-refractivity contribution is 6.06. The van der Waals surface area contributed by atoms with Gasteiger partial charge in [0, 0.05) is 19.1 Å². The summed E-state index contributed by atoms with van der Waals surface area (Å²) in [4.78, 5) is 19.9. The predicted octanol–water partition coefficient (Wildman–Crippen LogP) is 2.40. The monoisotopic (exact) mass is 427 g/mol. The van der Waals surface area contributed by atoms with E-state index in [0.29, 0.717) is 11.6 Å². The van der Waals surface area contributed by atoms with Gasteiger partial charge in [-0.2, -0.15) is 18.2 Å². The van der Waals surface area contributed by atoms with Crippen molar-refractivity contribution in [3.8, 4) is 5.75 Å². The average molecular weight is 427 g/mol. The van der Waals surface area contributed by atoms with Gasteiger partial charge in [-0.25, -0.2) is 9.78 Å². The van der Waals surface area contributed by atoms with Gasteiger partial charge in [0.1, 0.15) is 16.8 Å². The molecule has 0 amide bonds. The Morgan fingerprint density at radius 2 is 2.10 bits per heavy atom. The number of anilines is 2. The number of alkyl halides is 3. The molecule has 0 unspecified atom stereocenters. The predicted molar refractivity (Wildman–Crippen MR) is 104 cm³/mol. The second-order valence-electron chi connectivity index (χ2n) is 6.57. The molecule has 3 aromatic rings. The van der Waals surface area contributed by atoms with Gasteiger partial charge in [0.15, 0.2) is 11.4 Å². The summed E-state index contributed by atoms with van der Waals surface area (Å²) in [6.45, 7) is 1.79. The van der Waals surface area contributed by atoms with Gasteiger partial charge in [-0.05, 0) is 31.7 Å². The Kier molecular flexibility index (Phi) is 5.87. The normalized spacial score (nSPS) is 16.6. The zero-order valence-corrected chi connectivity index (χ0v) is 16.2. The van der Waals surface area contributed by atoms with Crippen molar-refractivity contribution in [1.82, 2.24) is 15.3 Å².